The molecule has 2 N–H and O–H groups in total. The van der Waals surface area contributed by atoms with Crippen molar-refractivity contribution in [3.8, 4) is 0 Å². The minimum absolute atomic E-state index is 0.0766. The summed E-state index contributed by atoms with van der Waals surface area (Å²) >= 11 is 0. The molecule has 0 aliphatic carbocycles. The van der Waals surface area contributed by atoms with Crippen LogP contribution in [0.25, 0.3) is 0 Å². The van der Waals surface area contributed by atoms with Gasteiger partial charge >= 0.3 is 0 Å². The molecule has 0 saturated heterocycles. The molecule has 20 heavy (non-hydrogen) atoms. The van der Waals surface area contributed by atoms with E-state index < -0.39 is 0 Å². The molecule has 2 aromatic rings. The molecule has 2 heterocycles. The van der Waals surface area contributed by atoms with Crippen molar-refractivity contribution in [1.29, 1.82) is 0 Å². The van der Waals surface area contributed by atoms with E-state index in [1.54, 1.807) is 19.3 Å². The van der Waals surface area contributed by atoms with Crippen molar-refractivity contribution >= 4 is 5.91 Å². The number of amides is 1. The molecule has 0 aromatic carbocycles. The van der Waals surface area contributed by atoms with Gasteiger partial charge < -0.3 is 5.32 Å². The van der Waals surface area contributed by atoms with E-state index in [0.717, 1.165) is 12.0 Å². The van der Waals surface area contributed by atoms with E-state index in [1.807, 2.05) is 12.1 Å². The zero-order valence-corrected chi connectivity index (χ0v) is 11.9. The number of rotatable bonds is 5. The normalized spacial score (nSPS) is 12.4. The van der Waals surface area contributed by atoms with Crippen LogP contribution in [0.1, 0.15) is 48.1 Å². The van der Waals surface area contributed by atoms with Crippen LogP contribution in [0.4, 0.5) is 0 Å². The summed E-state index contributed by atoms with van der Waals surface area (Å²) in [6.45, 7) is 5.99. The van der Waals surface area contributed by atoms with E-state index in [-0.39, 0.29) is 11.9 Å². The summed E-state index contributed by atoms with van der Waals surface area (Å²) in [5.74, 6) is 0.240. The quantitative estimate of drug-likeness (QED) is 0.873. The Labute approximate surface area is 118 Å². The molecule has 0 unspecified atom stereocenters. The maximum Gasteiger partial charge on any atom is 0.274 e. The van der Waals surface area contributed by atoms with Crippen LogP contribution < -0.4 is 5.32 Å². The SMILES string of the molecule is Cc1n[nH]nc1C(=O)N[C@H](CC(C)C)c1cccnc1. The highest BCUT2D eigenvalue weighted by molar-refractivity contribution is 5.93. The molecule has 6 nitrogen and oxygen atoms in total. The molecule has 0 aliphatic rings. The number of carbonyl (C=O) groups excluding carboxylic acids is 1. The van der Waals surface area contributed by atoms with Crippen molar-refractivity contribution in [2.24, 2.45) is 5.92 Å². The molecule has 0 saturated carbocycles. The minimum Gasteiger partial charge on any atom is -0.344 e. The second kappa shape index (κ2) is 6.27. The maximum atomic E-state index is 12.2. The van der Waals surface area contributed by atoms with Gasteiger partial charge in [-0.25, -0.2) is 0 Å². The van der Waals surface area contributed by atoms with Gasteiger partial charge in [-0.05, 0) is 30.9 Å². The highest BCUT2D eigenvalue weighted by Gasteiger charge is 2.20. The average Bonchev–Trinajstić information content (AvgIpc) is 2.85. The maximum absolute atomic E-state index is 12.2. The minimum atomic E-state index is -0.217. The molecule has 1 amide bonds. The number of hydrogen-bond acceptors (Lipinski definition) is 4. The van der Waals surface area contributed by atoms with Crippen LogP contribution in [0.3, 0.4) is 0 Å². The fraction of sp³-hybridized carbons (Fsp3) is 0.429. The number of H-pyrrole nitrogens is 1. The Morgan fingerprint density at radius 2 is 2.20 bits per heavy atom. The van der Waals surface area contributed by atoms with Gasteiger partial charge in [-0.3, -0.25) is 9.78 Å². The third-order valence-corrected chi connectivity index (χ3v) is 3.04. The van der Waals surface area contributed by atoms with Crippen molar-refractivity contribution in [2.45, 2.75) is 33.2 Å². The van der Waals surface area contributed by atoms with Gasteiger partial charge in [-0.2, -0.15) is 15.4 Å². The highest BCUT2D eigenvalue weighted by atomic mass is 16.2. The molecule has 1 atom stereocenters. The molecule has 106 valence electrons. The molecule has 2 rings (SSSR count). The standard InChI is InChI=1S/C14H19N5O/c1-9(2)7-12(11-5-4-6-15-8-11)16-14(20)13-10(3)17-19-18-13/h4-6,8-9,12H,7H2,1-3H3,(H,16,20)(H,17,18,19)/t12-/m1/s1. The topological polar surface area (TPSA) is 83.6 Å². The molecular weight excluding hydrogens is 254 g/mol. The van der Waals surface area contributed by atoms with E-state index in [9.17, 15) is 4.79 Å². The molecule has 0 fully saturated rings. The average molecular weight is 273 g/mol. The summed E-state index contributed by atoms with van der Waals surface area (Å²) in [7, 11) is 0. The Bertz CT molecular complexity index is 564. The number of aryl methyl sites for hydroxylation is 1. The number of aromatic nitrogens is 4. The Hall–Kier alpha value is -2.24. The molecular formula is C14H19N5O. The zero-order valence-electron chi connectivity index (χ0n) is 11.9. The van der Waals surface area contributed by atoms with Crippen LogP contribution in [0.2, 0.25) is 0 Å². The number of nitrogens with one attached hydrogen (secondary N) is 2. The van der Waals surface area contributed by atoms with Crippen molar-refractivity contribution in [1.82, 2.24) is 25.7 Å². The Kier molecular flexibility index (Phi) is 4.45. The van der Waals surface area contributed by atoms with Gasteiger partial charge in [0.2, 0.25) is 0 Å². The Morgan fingerprint density at radius 1 is 1.40 bits per heavy atom. The predicted octanol–water partition coefficient (Wildman–Crippen LogP) is 2.03. The lowest BCUT2D eigenvalue weighted by Gasteiger charge is -2.20. The highest BCUT2D eigenvalue weighted by Crippen LogP contribution is 2.21. The fourth-order valence-corrected chi connectivity index (χ4v) is 2.06. The molecule has 2 aromatic heterocycles. The van der Waals surface area contributed by atoms with E-state index in [2.05, 4.69) is 39.6 Å². The smallest absolute Gasteiger partial charge is 0.274 e. The lowest BCUT2D eigenvalue weighted by molar-refractivity contribution is 0.0926. The molecule has 0 bridgehead atoms. The van der Waals surface area contributed by atoms with Crippen LogP contribution in [-0.4, -0.2) is 26.3 Å². The first-order chi connectivity index (χ1) is 9.58. The first-order valence-corrected chi connectivity index (χ1v) is 6.66. The molecule has 0 radical (unpaired) electrons. The fourth-order valence-electron chi connectivity index (χ4n) is 2.06. The number of carbonyl (C=O) groups is 1. The second-order valence-corrected chi connectivity index (χ2v) is 5.20. The van der Waals surface area contributed by atoms with Gasteiger partial charge in [0.05, 0.1) is 11.7 Å². The Morgan fingerprint density at radius 3 is 2.75 bits per heavy atom. The number of pyridine rings is 1. The van der Waals surface area contributed by atoms with Crippen LogP contribution >= 0.6 is 0 Å². The van der Waals surface area contributed by atoms with Gasteiger partial charge in [0.25, 0.3) is 5.91 Å². The van der Waals surface area contributed by atoms with E-state index in [4.69, 9.17) is 0 Å². The molecule has 0 spiro atoms. The molecule has 0 aliphatic heterocycles. The van der Waals surface area contributed by atoms with E-state index >= 15 is 0 Å². The molecule has 6 heteroatoms. The summed E-state index contributed by atoms with van der Waals surface area (Å²) in [4.78, 5) is 16.4. The van der Waals surface area contributed by atoms with Crippen LogP contribution in [0, 0.1) is 12.8 Å². The van der Waals surface area contributed by atoms with Gasteiger partial charge in [-0.1, -0.05) is 19.9 Å². The van der Waals surface area contributed by atoms with Crippen molar-refractivity contribution in [3.05, 3.63) is 41.5 Å². The van der Waals surface area contributed by atoms with Crippen LogP contribution in [0.15, 0.2) is 24.5 Å². The van der Waals surface area contributed by atoms with Gasteiger partial charge in [0, 0.05) is 12.4 Å². The second-order valence-electron chi connectivity index (χ2n) is 5.20. The summed E-state index contributed by atoms with van der Waals surface area (Å²) in [6, 6.07) is 3.76. The van der Waals surface area contributed by atoms with Gasteiger partial charge in [0.15, 0.2) is 5.69 Å². The first-order valence-electron chi connectivity index (χ1n) is 6.66. The van der Waals surface area contributed by atoms with Gasteiger partial charge in [0.1, 0.15) is 0 Å². The first kappa shape index (κ1) is 14.2. The lowest BCUT2D eigenvalue weighted by Crippen LogP contribution is -2.30. The number of hydrogen-bond donors (Lipinski definition) is 2. The monoisotopic (exact) mass is 273 g/mol. The van der Waals surface area contributed by atoms with Crippen LogP contribution in [0.5, 0.6) is 0 Å². The predicted molar refractivity (Wildman–Crippen MR) is 75.0 cm³/mol. The van der Waals surface area contributed by atoms with Crippen molar-refractivity contribution < 1.29 is 4.79 Å². The van der Waals surface area contributed by atoms with Crippen molar-refractivity contribution in [2.75, 3.05) is 0 Å². The largest absolute Gasteiger partial charge is 0.344 e. The van der Waals surface area contributed by atoms with Gasteiger partial charge in [-0.15, -0.1) is 0 Å². The number of aromatic amines is 1. The Balaban J connectivity index is 2.16. The van der Waals surface area contributed by atoms with E-state index in [0.29, 0.717) is 17.3 Å². The van der Waals surface area contributed by atoms with Crippen LogP contribution in [-0.2, 0) is 0 Å². The zero-order chi connectivity index (χ0) is 14.5. The third kappa shape index (κ3) is 3.40. The van der Waals surface area contributed by atoms with Crippen molar-refractivity contribution in [3.63, 3.8) is 0 Å². The third-order valence-electron chi connectivity index (χ3n) is 3.04. The summed E-state index contributed by atoms with van der Waals surface area (Å²) in [5.41, 5.74) is 1.93. The summed E-state index contributed by atoms with van der Waals surface area (Å²) in [5, 5.41) is 13.2. The summed E-state index contributed by atoms with van der Waals surface area (Å²) < 4.78 is 0. The summed E-state index contributed by atoms with van der Waals surface area (Å²) in [6.07, 6.45) is 4.34. The van der Waals surface area contributed by atoms with E-state index in [1.165, 1.54) is 0 Å². The lowest BCUT2D eigenvalue weighted by atomic mass is 9.98. The number of nitrogens with zero attached hydrogens (tertiary/aromatic N) is 3.